The van der Waals surface area contributed by atoms with E-state index in [1.54, 1.807) is 31.3 Å². The molecule has 2 aromatic carbocycles. The number of hydrogen-bond acceptors (Lipinski definition) is 3. The molecule has 1 aliphatic carbocycles. The van der Waals surface area contributed by atoms with E-state index in [2.05, 4.69) is 23.9 Å². The number of rotatable bonds is 7. The van der Waals surface area contributed by atoms with Crippen LogP contribution < -0.4 is 10.0 Å². The van der Waals surface area contributed by atoms with Gasteiger partial charge in [-0.25, -0.2) is 8.42 Å². The van der Waals surface area contributed by atoms with Gasteiger partial charge in [0.2, 0.25) is 5.91 Å². The number of nitrogens with one attached hydrogen (secondary N) is 2. The molecule has 1 amide bonds. The van der Waals surface area contributed by atoms with Crippen molar-refractivity contribution >= 4 is 21.6 Å². The highest BCUT2D eigenvalue weighted by Crippen LogP contribution is 2.48. The Morgan fingerprint density at radius 2 is 1.63 bits per heavy atom. The van der Waals surface area contributed by atoms with Crippen molar-refractivity contribution in [1.29, 1.82) is 0 Å². The molecule has 0 unspecified atom stereocenters. The number of hydrogen-bond donors (Lipinski definition) is 2. The van der Waals surface area contributed by atoms with Crippen molar-refractivity contribution in [1.82, 2.24) is 5.32 Å². The van der Waals surface area contributed by atoms with E-state index in [1.807, 2.05) is 24.3 Å². The fraction of sp³-hybridized carbons (Fsp3) is 0.381. The van der Waals surface area contributed by atoms with Gasteiger partial charge in [-0.1, -0.05) is 38.1 Å². The summed E-state index contributed by atoms with van der Waals surface area (Å²) in [6.07, 6.45) is 2.56. The number of sulfonamides is 1. The number of amides is 1. The van der Waals surface area contributed by atoms with Crippen LogP contribution in [0, 0.1) is 5.92 Å². The highest BCUT2D eigenvalue weighted by Gasteiger charge is 2.50. The van der Waals surface area contributed by atoms with Gasteiger partial charge in [0.15, 0.2) is 0 Å². The molecule has 0 bridgehead atoms. The SMILES string of the molecule is CNC(=O)C1(c2ccc(NS(=O)(=O)c3ccc(CC(C)C)cc3)cc2)CC1. The van der Waals surface area contributed by atoms with Crippen LogP contribution in [0.4, 0.5) is 5.69 Å². The summed E-state index contributed by atoms with van der Waals surface area (Å²) in [5, 5.41) is 2.71. The van der Waals surface area contributed by atoms with Crippen LogP contribution in [0.5, 0.6) is 0 Å². The molecule has 0 atom stereocenters. The number of benzene rings is 2. The van der Waals surface area contributed by atoms with Crippen molar-refractivity contribution in [2.45, 2.75) is 43.4 Å². The summed E-state index contributed by atoms with van der Waals surface area (Å²) in [5.41, 5.74) is 2.08. The molecule has 1 aliphatic rings. The van der Waals surface area contributed by atoms with Crippen LogP contribution in [0.1, 0.15) is 37.8 Å². The minimum atomic E-state index is -3.64. The maximum absolute atomic E-state index is 12.6. The number of anilines is 1. The second-order valence-electron chi connectivity index (χ2n) is 7.59. The molecule has 0 saturated heterocycles. The third kappa shape index (κ3) is 4.16. The average molecular weight is 387 g/mol. The van der Waals surface area contributed by atoms with E-state index in [0.717, 1.165) is 30.4 Å². The first kappa shape index (κ1) is 19.4. The second kappa shape index (κ2) is 7.35. The minimum Gasteiger partial charge on any atom is -0.358 e. The van der Waals surface area contributed by atoms with E-state index in [1.165, 1.54) is 0 Å². The smallest absolute Gasteiger partial charge is 0.261 e. The molecular formula is C21H26N2O3S. The van der Waals surface area contributed by atoms with Gasteiger partial charge in [-0.2, -0.15) is 0 Å². The first-order valence-electron chi connectivity index (χ1n) is 9.21. The summed E-state index contributed by atoms with van der Waals surface area (Å²) in [6, 6.07) is 14.1. The molecule has 144 valence electrons. The number of likely N-dealkylation sites (N-methyl/N-ethyl adjacent to an activating group) is 1. The zero-order valence-corrected chi connectivity index (χ0v) is 16.8. The molecule has 1 fully saturated rings. The average Bonchev–Trinajstić information content (AvgIpc) is 3.43. The van der Waals surface area contributed by atoms with Crippen LogP contribution in [-0.4, -0.2) is 21.4 Å². The van der Waals surface area contributed by atoms with Crippen LogP contribution in [-0.2, 0) is 26.7 Å². The zero-order chi connectivity index (χ0) is 19.7. The van der Waals surface area contributed by atoms with E-state index >= 15 is 0 Å². The van der Waals surface area contributed by atoms with E-state index in [9.17, 15) is 13.2 Å². The molecule has 1 saturated carbocycles. The first-order valence-corrected chi connectivity index (χ1v) is 10.7. The molecular weight excluding hydrogens is 360 g/mol. The summed E-state index contributed by atoms with van der Waals surface area (Å²) in [5.74, 6) is 0.533. The standard InChI is InChI=1S/C21H26N2O3S/c1-15(2)14-16-4-10-19(11-5-16)27(25,26)23-18-8-6-17(7-9-18)21(12-13-21)20(24)22-3/h4-11,15,23H,12-14H2,1-3H3,(H,22,24). The molecule has 0 radical (unpaired) electrons. The van der Waals surface area contributed by atoms with Gasteiger partial charge >= 0.3 is 0 Å². The van der Waals surface area contributed by atoms with Crippen molar-refractivity contribution in [2.24, 2.45) is 5.92 Å². The molecule has 27 heavy (non-hydrogen) atoms. The molecule has 2 aromatic rings. The summed E-state index contributed by atoms with van der Waals surface area (Å²) in [6.45, 7) is 4.26. The lowest BCUT2D eigenvalue weighted by molar-refractivity contribution is -0.123. The van der Waals surface area contributed by atoms with Crippen LogP contribution in [0.25, 0.3) is 0 Å². The Hall–Kier alpha value is -2.34. The molecule has 5 nitrogen and oxygen atoms in total. The topological polar surface area (TPSA) is 75.3 Å². The van der Waals surface area contributed by atoms with E-state index in [0.29, 0.717) is 11.6 Å². The Labute approximate surface area is 161 Å². The molecule has 0 aliphatic heterocycles. The maximum atomic E-state index is 12.6. The predicted molar refractivity (Wildman–Crippen MR) is 107 cm³/mol. The predicted octanol–water partition coefficient (Wildman–Crippen LogP) is 3.46. The highest BCUT2D eigenvalue weighted by atomic mass is 32.2. The normalized spacial score (nSPS) is 15.4. The van der Waals surface area contributed by atoms with Crippen molar-refractivity contribution < 1.29 is 13.2 Å². The van der Waals surface area contributed by atoms with Gasteiger partial charge in [-0.3, -0.25) is 9.52 Å². The van der Waals surface area contributed by atoms with Gasteiger partial charge in [-0.05, 0) is 60.6 Å². The molecule has 0 heterocycles. The van der Waals surface area contributed by atoms with Gasteiger partial charge in [0, 0.05) is 12.7 Å². The van der Waals surface area contributed by atoms with E-state index < -0.39 is 15.4 Å². The maximum Gasteiger partial charge on any atom is 0.261 e. The Balaban J connectivity index is 1.73. The summed E-state index contributed by atoms with van der Waals surface area (Å²) < 4.78 is 27.8. The number of carbonyl (C=O) groups is 1. The van der Waals surface area contributed by atoms with Gasteiger partial charge in [0.05, 0.1) is 10.3 Å². The first-order chi connectivity index (χ1) is 12.8. The molecule has 6 heteroatoms. The van der Waals surface area contributed by atoms with Gasteiger partial charge in [-0.15, -0.1) is 0 Å². The molecule has 0 aromatic heterocycles. The minimum absolute atomic E-state index is 0.0114. The van der Waals surface area contributed by atoms with E-state index in [4.69, 9.17) is 0 Å². The second-order valence-corrected chi connectivity index (χ2v) is 9.27. The zero-order valence-electron chi connectivity index (χ0n) is 16.0. The van der Waals surface area contributed by atoms with Gasteiger partial charge in [0.25, 0.3) is 10.0 Å². The van der Waals surface area contributed by atoms with Crippen molar-refractivity contribution in [3.63, 3.8) is 0 Å². The number of carbonyl (C=O) groups excluding carboxylic acids is 1. The van der Waals surface area contributed by atoms with Crippen LogP contribution in [0.2, 0.25) is 0 Å². The molecule has 3 rings (SSSR count). The lowest BCUT2D eigenvalue weighted by Gasteiger charge is -2.15. The molecule has 0 spiro atoms. The fourth-order valence-corrected chi connectivity index (χ4v) is 4.42. The van der Waals surface area contributed by atoms with Crippen LogP contribution in [0.15, 0.2) is 53.4 Å². The molecule has 2 N–H and O–H groups in total. The Morgan fingerprint density at radius 3 is 2.11 bits per heavy atom. The van der Waals surface area contributed by atoms with Crippen molar-refractivity contribution in [3.05, 3.63) is 59.7 Å². The third-order valence-electron chi connectivity index (χ3n) is 4.98. The monoisotopic (exact) mass is 386 g/mol. The lowest BCUT2D eigenvalue weighted by Crippen LogP contribution is -2.31. The summed E-state index contributed by atoms with van der Waals surface area (Å²) >= 11 is 0. The summed E-state index contributed by atoms with van der Waals surface area (Å²) in [7, 11) is -2.01. The highest BCUT2D eigenvalue weighted by molar-refractivity contribution is 7.92. The van der Waals surface area contributed by atoms with Crippen LogP contribution in [0.3, 0.4) is 0 Å². The van der Waals surface area contributed by atoms with E-state index in [-0.39, 0.29) is 10.8 Å². The van der Waals surface area contributed by atoms with Gasteiger partial charge in [0.1, 0.15) is 0 Å². The van der Waals surface area contributed by atoms with Crippen LogP contribution >= 0.6 is 0 Å². The fourth-order valence-electron chi connectivity index (χ4n) is 3.36. The Bertz CT molecular complexity index is 913. The lowest BCUT2D eigenvalue weighted by atomic mass is 9.95. The summed E-state index contributed by atoms with van der Waals surface area (Å²) in [4.78, 5) is 12.3. The van der Waals surface area contributed by atoms with Gasteiger partial charge < -0.3 is 5.32 Å². The third-order valence-corrected chi connectivity index (χ3v) is 6.38. The Morgan fingerprint density at radius 1 is 1.04 bits per heavy atom. The van der Waals surface area contributed by atoms with Crippen molar-refractivity contribution in [3.8, 4) is 0 Å². The largest absolute Gasteiger partial charge is 0.358 e. The quantitative estimate of drug-likeness (QED) is 0.765. The van der Waals surface area contributed by atoms with Crippen molar-refractivity contribution in [2.75, 3.05) is 11.8 Å². The Kier molecular flexibility index (Phi) is 5.29.